The van der Waals surface area contributed by atoms with Gasteiger partial charge in [0, 0.05) is 71.0 Å². The van der Waals surface area contributed by atoms with Crippen LogP contribution in [0.3, 0.4) is 0 Å². The maximum atomic E-state index is 11.7. The topological polar surface area (TPSA) is 59.5 Å². The van der Waals surface area contributed by atoms with Crippen molar-refractivity contribution in [3.05, 3.63) is 60.2 Å². The molecule has 2 aromatic rings. The predicted octanol–water partition coefficient (Wildman–Crippen LogP) is 2.45. The SMILES string of the molecule is O=C1CCCN1CCOc1ccc(CN2CC[C@@](O)(CN3CCN(c4ccccc4)CC3)C2)cc1. The molecule has 0 bridgehead atoms. The summed E-state index contributed by atoms with van der Waals surface area (Å²) in [6.07, 6.45) is 2.46. The second-order valence-electron chi connectivity index (χ2n) is 10.3. The highest BCUT2D eigenvalue weighted by Crippen LogP contribution is 2.26. The van der Waals surface area contributed by atoms with Crippen LogP contribution in [-0.4, -0.2) is 96.8 Å². The number of rotatable bonds is 9. The van der Waals surface area contributed by atoms with Gasteiger partial charge in [-0.3, -0.25) is 14.6 Å². The third-order valence-corrected chi connectivity index (χ3v) is 7.55. The highest BCUT2D eigenvalue weighted by molar-refractivity contribution is 5.78. The molecule has 35 heavy (non-hydrogen) atoms. The molecule has 0 unspecified atom stereocenters. The Balaban J connectivity index is 1.04. The van der Waals surface area contributed by atoms with E-state index in [1.54, 1.807) is 0 Å². The summed E-state index contributed by atoms with van der Waals surface area (Å²) in [6.45, 7) is 9.27. The lowest BCUT2D eigenvalue weighted by molar-refractivity contribution is -0.128. The van der Waals surface area contributed by atoms with Crippen molar-refractivity contribution in [1.29, 1.82) is 0 Å². The third kappa shape index (κ3) is 6.34. The van der Waals surface area contributed by atoms with Crippen LogP contribution in [0.15, 0.2) is 54.6 Å². The maximum Gasteiger partial charge on any atom is 0.222 e. The zero-order valence-corrected chi connectivity index (χ0v) is 20.6. The Hall–Kier alpha value is -2.61. The number of nitrogens with zero attached hydrogens (tertiary/aromatic N) is 4. The van der Waals surface area contributed by atoms with Crippen molar-refractivity contribution in [2.45, 2.75) is 31.4 Å². The summed E-state index contributed by atoms with van der Waals surface area (Å²) in [5.74, 6) is 1.08. The van der Waals surface area contributed by atoms with Gasteiger partial charge in [-0.05, 0) is 42.7 Å². The molecule has 3 saturated heterocycles. The molecular weight excluding hydrogens is 440 g/mol. The van der Waals surface area contributed by atoms with E-state index in [-0.39, 0.29) is 5.91 Å². The number of likely N-dealkylation sites (tertiary alicyclic amines) is 2. The van der Waals surface area contributed by atoms with Crippen LogP contribution in [-0.2, 0) is 11.3 Å². The summed E-state index contributed by atoms with van der Waals surface area (Å²) in [6, 6.07) is 18.8. The Morgan fingerprint density at radius 2 is 1.66 bits per heavy atom. The van der Waals surface area contributed by atoms with Crippen molar-refractivity contribution in [3.8, 4) is 5.75 Å². The van der Waals surface area contributed by atoms with Crippen LogP contribution in [0.4, 0.5) is 5.69 Å². The quantitative estimate of drug-likeness (QED) is 0.598. The number of anilines is 1. The molecule has 0 saturated carbocycles. The van der Waals surface area contributed by atoms with Crippen LogP contribution in [0.2, 0.25) is 0 Å². The molecule has 1 N–H and O–H groups in total. The van der Waals surface area contributed by atoms with Crippen LogP contribution in [0, 0.1) is 0 Å². The molecule has 5 rings (SSSR count). The number of carbonyl (C=O) groups is 1. The number of β-amino-alcohol motifs (C(OH)–C–C–N with tert-alkyl or cyclic N) is 1. The average Bonchev–Trinajstić information content (AvgIpc) is 3.46. The van der Waals surface area contributed by atoms with Gasteiger partial charge in [0.15, 0.2) is 0 Å². The summed E-state index contributed by atoms with van der Waals surface area (Å²) in [5, 5.41) is 11.3. The van der Waals surface area contributed by atoms with Crippen LogP contribution >= 0.6 is 0 Å². The van der Waals surface area contributed by atoms with Gasteiger partial charge in [0.05, 0.1) is 12.1 Å². The fourth-order valence-corrected chi connectivity index (χ4v) is 5.59. The van der Waals surface area contributed by atoms with Gasteiger partial charge in [0.2, 0.25) is 5.91 Å². The second kappa shape index (κ2) is 11.0. The zero-order chi connectivity index (χ0) is 24.1. The molecule has 0 aromatic heterocycles. The van der Waals surface area contributed by atoms with Crippen molar-refractivity contribution in [2.24, 2.45) is 0 Å². The summed E-state index contributed by atoms with van der Waals surface area (Å²) in [4.78, 5) is 20.8. The zero-order valence-electron chi connectivity index (χ0n) is 20.6. The number of hydrogen-bond acceptors (Lipinski definition) is 6. The van der Waals surface area contributed by atoms with Gasteiger partial charge in [-0.2, -0.15) is 0 Å². The van der Waals surface area contributed by atoms with Gasteiger partial charge in [0.25, 0.3) is 0 Å². The molecule has 0 aliphatic carbocycles. The molecule has 3 fully saturated rings. The number of para-hydroxylation sites is 1. The number of ether oxygens (including phenoxy) is 1. The largest absolute Gasteiger partial charge is 0.492 e. The van der Waals surface area contributed by atoms with E-state index in [4.69, 9.17) is 4.74 Å². The van der Waals surface area contributed by atoms with Gasteiger partial charge in [-0.1, -0.05) is 30.3 Å². The van der Waals surface area contributed by atoms with E-state index in [2.05, 4.69) is 57.2 Å². The number of piperazine rings is 1. The van der Waals surface area contributed by atoms with Gasteiger partial charge in [0.1, 0.15) is 12.4 Å². The normalized spacial score (nSPS) is 23.9. The lowest BCUT2D eigenvalue weighted by Crippen LogP contribution is -2.52. The van der Waals surface area contributed by atoms with Gasteiger partial charge >= 0.3 is 0 Å². The molecule has 7 nitrogen and oxygen atoms in total. The monoisotopic (exact) mass is 478 g/mol. The van der Waals surface area contributed by atoms with E-state index >= 15 is 0 Å². The molecule has 188 valence electrons. The average molecular weight is 479 g/mol. The second-order valence-corrected chi connectivity index (χ2v) is 10.3. The highest BCUT2D eigenvalue weighted by atomic mass is 16.5. The summed E-state index contributed by atoms with van der Waals surface area (Å²) < 4.78 is 5.84. The Morgan fingerprint density at radius 1 is 0.886 bits per heavy atom. The van der Waals surface area contributed by atoms with Gasteiger partial charge < -0.3 is 19.6 Å². The van der Waals surface area contributed by atoms with Crippen molar-refractivity contribution in [1.82, 2.24) is 14.7 Å². The number of carbonyl (C=O) groups excluding carboxylic acids is 1. The number of amides is 1. The minimum absolute atomic E-state index is 0.240. The molecule has 7 heteroatoms. The van der Waals surface area contributed by atoms with E-state index in [0.717, 1.165) is 70.9 Å². The smallest absolute Gasteiger partial charge is 0.222 e. The van der Waals surface area contributed by atoms with Crippen LogP contribution < -0.4 is 9.64 Å². The first-order valence-corrected chi connectivity index (χ1v) is 13.0. The molecule has 3 heterocycles. The van der Waals surface area contributed by atoms with Gasteiger partial charge in [-0.15, -0.1) is 0 Å². The van der Waals surface area contributed by atoms with Crippen molar-refractivity contribution in [2.75, 3.05) is 70.4 Å². The molecule has 1 atom stereocenters. The molecule has 3 aliphatic rings. The van der Waals surface area contributed by atoms with E-state index in [9.17, 15) is 9.90 Å². The Kier molecular flexibility index (Phi) is 7.56. The van der Waals surface area contributed by atoms with Crippen molar-refractivity contribution < 1.29 is 14.6 Å². The molecular formula is C28H38N4O3. The maximum absolute atomic E-state index is 11.7. The molecule has 0 radical (unpaired) electrons. The fourth-order valence-electron chi connectivity index (χ4n) is 5.59. The lowest BCUT2D eigenvalue weighted by Gasteiger charge is -2.39. The Labute approximate surface area is 208 Å². The van der Waals surface area contributed by atoms with Crippen molar-refractivity contribution in [3.63, 3.8) is 0 Å². The van der Waals surface area contributed by atoms with E-state index < -0.39 is 5.60 Å². The number of aliphatic hydroxyl groups is 1. The molecule has 0 spiro atoms. The third-order valence-electron chi connectivity index (χ3n) is 7.55. The van der Waals surface area contributed by atoms with E-state index in [1.807, 2.05) is 17.0 Å². The molecule has 1 amide bonds. The Bertz CT molecular complexity index is 962. The molecule has 2 aromatic carbocycles. The predicted molar refractivity (Wildman–Crippen MR) is 138 cm³/mol. The van der Waals surface area contributed by atoms with Gasteiger partial charge in [-0.25, -0.2) is 0 Å². The first-order valence-electron chi connectivity index (χ1n) is 13.0. The minimum atomic E-state index is -0.634. The molecule has 3 aliphatic heterocycles. The lowest BCUT2D eigenvalue weighted by atomic mass is 10.0. The first-order chi connectivity index (χ1) is 17.1. The summed E-state index contributed by atoms with van der Waals surface area (Å²) >= 11 is 0. The fraction of sp³-hybridized carbons (Fsp3) is 0.536. The van der Waals surface area contributed by atoms with E-state index in [0.29, 0.717) is 26.1 Å². The number of hydrogen-bond donors (Lipinski definition) is 1. The summed E-state index contributed by atoms with van der Waals surface area (Å²) in [7, 11) is 0. The van der Waals surface area contributed by atoms with E-state index in [1.165, 1.54) is 11.3 Å². The minimum Gasteiger partial charge on any atom is -0.492 e. The summed E-state index contributed by atoms with van der Waals surface area (Å²) in [5.41, 5.74) is 1.88. The highest BCUT2D eigenvalue weighted by Gasteiger charge is 2.38. The van der Waals surface area contributed by atoms with Crippen molar-refractivity contribution >= 4 is 11.6 Å². The van der Waals surface area contributed by atoms with Crippen LogP contribution in [0.1, 0.15) is 24.8 Å². The first kappa shape index (κ1) is 24.1. The number of benzene rings is 2. The van der Waals surface area contributed by atoms with Crippen LogP contribution in [0.5, 0.6) is 5.75 Å². The Morgan fingerprint density at radius 3 is 2.37 bits per heavy atom. The van der Waals surface area contributed by atoms with Crippen LogP contribution in [0.25, 0.3) is 0 Å². The standard InChI is InChI=1S/C28H38N4O3/c33-27-7-4-13-32(27)19-20-35-26-10-8-24(9-11-26)21-30-14-12-28(34,23-30)22-29-15-17-31(18-16-29)25-5-2-1-3-6-25/h1-3,5-6,8-11,34H,4,7,12-23H2/t28-/m1/s1.